The summed E-state index contributed by atoms with van der Waals surface area (Å²) < 4.78 is 10.4. The predicted octanol–water partition coefficient (Wildman–Crippen LogP) is 1.53. The number of nitrogens with one attached hydrogen (secondary N) is 1. The van der Waals surface area contributed by atoms with E-state index in [-0.39, 0.29) is 6.04 Å². The van der Waals surface area contributed by atoms with E-state index in [0.29, 0.717) is 0 Å². The standard InChI is InChI=1S/C13H22N2O2/c1-10(14)6-7-15-9-11-4-5-12(16-2)13(8-11)17-3/h4-5,8,10,15H,6-7,9,14H2,1-3H3. The number of hydrogen-bond donors (Lipinski definition) is 2. The highest BCUT2D eigenvalue weighted by Crippen LogP contribution is 2.27. The molecule has 0 amide bonds. The fraction of sp³-hybridized carbons (Fsp3) is 0.538. The largest absolute Gasteiger partial charge is 0.493 e. The Morgan fingerprint density at radius 1 is 1.24 bits per heavy atom. The lowest BCUT2D eigenvalue weighted by Gasteiger charge is -2.11. The molecule has 4 nitrogen and oxygen atoms in total. The summed E-state index contributed by atoms with van der Waals surface area (Å²) in [7, 11) is 3.28. The summed E-state index contributed by atoms with van der Waals surface area (Å²) in [5, 5.41) is 3.35. The molecule has 1 rings (SSSR count). The zero-order valence-electron chi connectivity index (χ0n) is 10.8. The predicted molar refractivity (Wildman–Crippen MR) is 69.5 cm³/mol. The van der Waals surface area contributed by atoms with Crippen molar-refractivity contribution in [3.63, 3.8) is 0 Å². The molecule has 0 aliphatic rings. The third kappa shape index (κ3) is 4.63. The van der Waals surface area contributed by atoms with Crippen LogP contribution in [0.25, 0.3) is 0 Å². The molecule has 1 unspecified atom stereocenters. The maximum Gasteiger partial charge on any atom is 0.161 e. The minimum Gasteiger partial charge on any atom is -0.493 e. The number of hydrogen-bond acceptors (Lipinski definition) is 4. The van der Waals surface area contributed by atoms with Crippen molar-refractivity contribution in [2.75, 3.05) is 20.8 Å². The Balaban J connectivity index is 2.48. The van der Waals surface area contributed by atoms with Crippen LogP contribution < -0.4 is 20.5 Å². The van der Waals surface area contributed by atoms with Gasteiger partial charge in [-0.15, -0.1) is 0 Å². The van der Waals surface area contributed by atoms with E-state index in [2.05, 4.69) is 5.32 Å². The van der Waals surface area contributed by atoms with Crippen molar-refractivity contribution >= 4 is 0 Å². The van der Waals surface area contributed by atoms with Crippen molar-refractivity contribution in [2.45, 2.75) is 25.9 Å². The quantitative estimate of drug-likeness (QED) is 0.707. The van der Waals surface area contributed by atoms with Crippen LogP contribution in [0.15, 0.2) is 18.2 Å². The molecule has 96 valence electrons. The Morgan fingerprint density at radius 3 is 2.53 bits per heavy atom. The third-order valence-electron chi connectivity index (χ3n) is 2.55. The summed E-state index contributed by atoms with van der Waals surface area (Å²) in [6.45, 7) is 3.75. The van der Waals surface area contributed by atoms with Gasteiger partial charge in [-0.2, -0.15) is 0 Å². The topological polar surface area (TPSA) is 56.5 Å². The van der Waals surface area contributed by atoms with Crippen molar-refractivity contribution in [3.8, 4) is 11.5 Å². The molecule has 1 atom stereocenters. The molecule has 0 radical (unpaired) electrons. The normalized spacial score (nSPS) is 12.2. The number of ether oxygens (including phenoxy) is 2. The van der Waals surface area contributed by atoms with Gasteiger partial charge in [0.2, 0.25) is 0 Å². The van der Waals surface area contributed by atoms with Crippen LogP contribution in [0, 0.1) is 0 Å². The van der Waals surface area contributed by atoms with E-state index >= 15 is 0 Å². The highest BCUT2D eigenvalue weighted by atomic mass is 16.5. The second-order valence-corrected chi connectivity index (χ2v) is 4.13. The molecule has 3 N–H and O–H groups in total. The summed E-state index contributed by atoms with van der Waals surface area (Å²) in [4.78, 5) is 0. The Hall–Kier alpha value is -1.26. The maximum absolute atomic E-state index is 5.68. The van der Waals surface area contributed by atoms with Crippen LogP contribution in [0.2, 0.25) is 0 Å². The number of methoxy groups -OCH3 is 2. The van der Waals surface area contributed by atoms with Crippen LogP contribution in [0.3, 0.4) is 0 Å². The molecule has 0 saturated heterocycles. The number of rotatable bonds is 7. The van der Waals surface area contributed by atoms with Gasteiger partial charge in [0, 0.05) is 12.6 Å². The lowest BCUT2D eigenvalue weighted by Crippen LogP contribution is -2.23. The average Bonchev–Trinajstić information content (AvgIpc) is 2.34. The fourth-order valence-corrected chi connectivity index (χ4v) is 1.55. The van der Waals surface area contributed by atoms with E-state index in [9.17, 15) is 0 Å². The molecular formula is C13H22N2O2. The molecule has 0 aromatic heterocycles. The van der Waals surface area contributed by atoms with Crippen molar-refractivity contribution in [1.82, 2.24) is 5.32 Å². The summed E-state index contributed by atoms with van der Waals surface area (Å²) in [5.74, 6) is 1.52. The molecule has 1 aromatic rings. The monoisotopic (exact) mass is 238 g/mol. The molecule has 0 saturated carbocycles. The van der Waals surface area contributed by atoms with Gasteiger partial charge in [-0.1, -0.05) is 6.07 Å². The van der Waals surface area contributed by atoms with Gasteiger partial charge in [0.15, 0.2) is 11.5 Å². The smallest absolute Gasteiger partial charge is 0.161 e. The SMILES string of the molecule is COc1ccc(CNCCC(C)N)cc1OC. The van der Waals surface area contributed by atoms with E-state index in [1.54, 1.807) is 14.2 Å². The second kappa shape index (κ2) is 7.14. The first kappa shape index (κ1) is 13.8. The van der Waals surface area contributed by atoms with Crippen molar-refractivity contribution in [2.24, 2.45) is 5.73 Å². The van der Waals surface area contributed by atoms with E-state index in [4.69, 9.17) is 15.2 Å². The van der Waals surface area contributed by atoms with Gasteiger partial charge in [-0.05, 0) is 37.6 Å². The van der Waals surface area contributed by atoms with Crippen LogP contribution in [0.1, 0.15) is 18.9 Å². The van der Waals surface area contributed by atoms with Crippen LogP contribution in [0.5, 0.6) is 11.5 Å². The molecule has 0 bridgehead atoms. The molecular weight excluding hydrogens is 216 g/mol. The zero-order valence-corrected chi connectivity index (χ0v) is 10.8. The van der Waals surface area contributed by atoms with E-state index in [1.807, 2.05) is 25.1 Å². The molecule has 0 aliphatic carbocycles. The minimum atomic E-state index is 0.243. The summed E-state index contributed by atoms with van der Waals surface area (Å²) in [6, 6.07) is 6.17. The molecule has 0 spiro atoms. The van der Waals surface area contributed by atoms with Gasteiger partial charge >= 0.3 is 0 Å². The molecule has 1 aromatic carbocycles. The first-order valence-electron chi connectivity index (χ1n) is 5.84. The van der Waals surface area contributed by atoms with Gasteiger partial charge < -0.3 is 20.5 Å². The zero-order chi connectivity index (χ0) is 12.7. The van der Waals surface area contributed by atoms with Gasteiger partial charge in [-0.3, -0.25) is 0 Å². The lowest BCUT2D eigenvalue weighted by atomic mass is 10.2. The van der Waals surface area contributed by atoms with E-state index in [0.717, 1.165) is 31.0 Å². The van der Waals surface area contributed by atoms with Gasteiger partial charge in [0.25, 0.3) is 0 Å². The lowest BCUT2D eigenvalue weighted by molar-refractivity contribution is 0.354. The maximum atomic E-state index is 5.68. The minimum absolute atomic E-state index is 0.243. The first-order valence-corrected chi connectivity index (χ1v) is 5.84. The van der Waals surface area contributed by atoms with Gasteiger partial charge in [0.05, 0.1) is 14.2 Å². The van der Waals surface area contributed by atoms with Gasteiger partial charge in [-0.25, -0.2) is 0 Å². The average molecular weight is 238 g/mol. The number of benzene rings is 1. The molecule has 17 heavy (non-hydrogen) atoms. The summed E-state index contributed by atoms with van der Waals surface area (Å²) >= 11 is 0. The fourth-order valence-electron chi connectivity index (χ4n) is 1.55. The Bertz CT molecular complexity index is 340. The van der Waals surface area contributed by atoms with Crippen molar-refractivity contribution in [1.29, 1.82) is 0 Å². The Morgan fingerprint density at radius 2 is 1.94 bits per heavy atom. The molecule has 0 aliphatic heterocycles. The third-order valence-corrected chi connectivity index (χ3v) is 2.55. The van der Waals surface area contributed by atoms with Crippen LogP contribution in [0.4, 0.5) is 0 Å². The molecule has 0 heterocycles. The Labute approximate surface area is 103 Å². The van der Waals surface area contributed by atoms with Crippen LogP contribution in [-0.2, 0) is 6.54 Å². The highest BCUT2D eigenvalue weighted by Gasteiger charge is 2.04. The molecule has 0 fully saturated rings. The number of nitrogens with two attached hydrogens (primary N) is 1. The highest BCUT2D eigenvalue weighted by molar-refractivity contribution is 5.42. The van der Waals surface area contributed by atoms with Crippen LogP contribution >= 0.6 is 0 Å². The Kier molecular flexibility index (Phi) is 5.80. The second-order valence-electron chi connectivity index (χ2n) is 4.13. The van der Waals surface area contributed by atoms with E-state index in [1.165, 1.54) is 5.56 Å². The van der Waals surface area contributed by atoms with Crippen molar-refractivity contribution in [3.05, 3.63) is 23.8 Å². The van der Waals surface area contributed by atoms with Gasteiger partial charge in [0.1, 0.15) is 0 Å². The van der Waals surface area contributed by atoms with Crippen molar-refractivity contribution < 1.29 is 9.47 Å². The first-order chi connectivity index (χ1) is 8.17. The molecule has 4 heteroatoms. The van der Waals surface area contributed by atoms with Crippen LogP contribution in [-0.4, -0.2) is 26.8 Å². The van der Waals surface area contributed by atoms with E-state index < -0.39 is 0 Å². The summed E-state index contributed by atoms with van der Waals surface area (Å²) in [6.07, 6.45) is 0.979. The summed E-state index contributed by atoms with van der Waals surface area (Å²) in [5.41, 5.74) is 6.85.